The molecule has 0 aliphatic rings. The molecule has 0 bridgehead atoms. The lowest BCUT2D eigenvalue weighted by molar-refractivity contribution is -0.926. The van der Waals surface area contributed by atoms with E-state index in [0.717, 1.165) is 179 Å². The van der Waals surface area contributed by atoms with Gasteiger partial charge in [0.25, 0.3) is 0 Å². The zero-order valence-corrected chi connectivity index (χ0v) is 81.0. The first-order valence-corrected chi connectivity index (χ1v) is 45.4. The number of esters is 7. The van der Waals surface area contributed by atoms with Crippen LogP contribution in [0.4, 0.5) is 0 Å². The lowest BCUT2D eigenvalue weighted by Crippen LogP contribution is -2.51. The van der Waals surface area contributed by atoms with Gasteiger partial charge in [0.1, 0.15) is 92.1 Å². The SMILES string of the molecule is C/C=C/C(=O)OCC[N+](C)(C)C.C/C=C/C(=O)OCC[N+](CC)(CC)CC.C/C=C/C(=O)OCC[N+](CC)(CCC)CCC.C/C=C/C(=O)OCC[N+](CC)(CCC)CCCC.CCC[N+](CC)(CCC)CCOC(=O)/C=C/c1ccccc1.CC[N+](CC)(CC)CCOC(=O)/C=C/c1ccccc1.C[N+](C)(C)CCOC(=O)/C=C/c1ccccc1. The second-order valence-electron chi connectivity index (χ2n) is 32.3. The summed E-state index contributed by atoms with van der Waals surface area (Å²) in [6.45, 7) is 66.9. The highest BCUT2D eigenvalue weighted by atomic mass is 16.6. The Morgan fingerprint density at radius 2 is 0.413 bits per heavy atom. The third kappa shape index (κ3) is 65.2. The van der Waals surface area contributed by atoms with E-state index in [-0.39, 0.29) is 41.8 Å². The van der Waals surface area contributed by atoms with Gasteiger partial charge in [-0.2, -0.15) is 0 Å². The Kier molecular flexibility index (Phi) is 73.3. The first-order valence-electron chi connectivity index (χ1n) is 45.4. The monoisotopic (exact) mass is 1700 g/mol. The van der Waals surface area contributed by atoms with E-state index in [4.69, 9.17) is 33.2 Å². The molecular formula is C100H176N7O14+7. The predicted molar refractivity (Wildman–Crippen MR) is 504 cm³/mol. The number of unbranched alkanes of at least 4 members (excludes halogenated alkanes) is 1. The highest BCUT2D eigenvalue weighted by Gasteiger charge is 2.27. The van der Waals surface area contributed by atoms with Gasteiger partial charge in [0, 0.05) is 42.5 Å². The van der Waals surface area contributed by atoms with Crippen molar-refractivity contribution < 1.29 is 98.1 Å². The van der Waals surface area contributed by atoms with Crippen molar-refractivity contribution in [2.45, 2.75) is 176 Å². The van der Waals surface area contributed by atoms with Crippen LogP contribution in [0.15, 0.2) is 158 Å². The highest BCUT2D eigenvalue weighted by Crippen LogP contribution is 2.15. The van der Waals surface area contributed by atoms with E-state index >= 15 is 0 Å². The zero-order valence-electron chi connectivity index (χ0n) is 81.0. The smallest absolute Gasteiger partial charge is 0.330 e. The second kappa shape index (κ2) is 74.5. The van der Waals surface area contributed by atoms with Gasteiger partial charge in [-0.15, -0.1) is 0 Å². The van der Waals surface area contributed by atoms with Crippen LogP contribution in [-0.2, 0) is 66.7 Å². The summed E-state index contributed by atoms with van der Waals surface area (Å²) in [5, 5.41) is 0. The minimum absolute atomic E-state index is 0.223. The number of hydrogen-bond donors (Lipinski definition) is 0. The minimum atomic E-state index is -0.290. The highest BCUT2D eigenvalue weighted by molar-refractivity contribution is 5.88. The molecule has 0 aliphatic carbocycles. The zero-order chi connectivity index (χ0) is 92.2. The van der Waals surface area contributed by atoms with Gasteiger partial charge < -0.3 is 64.5 Å². The Morgan fingerprint density at radius 3 is 0.587 bits per heavy atom. The molecule has 121 heavy (non-hydrogen) atoms. The van der Waals surface area contributed by atoms with Gasteiger partial charge in [0.15, 0.2) is 0 Å². The normalized spacial score (nSPS) is 12.3. The maximum absolute atomic E-state index is 11.8. The predicted octanol–water partition coefficient (Wildman–Crippen LogP) is 17.7. The minimum Gasteiger partial charge on any atom is -0.457 e. The van der Waals surface area contributed by atoms with Crippen molar-refractivity contribution in [3.8, 4) is 0 Å². The number of carbonyl (C=O) groups is 7. The molecule has 0 heterocycles. The van der Waals surface area contributed by atoms with Crippen LogP contribution in [0, 0.1) is 0 Å². The Morgan fingerprint density at radius 1 is 0.231 bits per heavy atom. The molecule has 1 unspecified atom stereocenters. The molecule has 688 valence electrons. The van der Waals surface area contributed by atoms with E-state index in [1.807, 2.05) is 112 Å². The summed E-state index contributed by atoms with van der Waals surface area (Å²) < 4.78 is 43.0. The maximum Gasteiger partial charge on any atom is 0.330 e. The molecule has 3 rings (SSSR count). The number of nitrogens with zero attached hydrogens (tertiary/aromatic N) is 7. The third-order valence-electron chi connectivity index (χ3n) is 21.4. The quantitative estimate of drug-likeness (QED) is 0.0225. The summed E-state index contributed by atoms with van der Waals surface area (Å²) in [4.78, 5) is 79.2. The molecule has 0 fully saturated rings. The number of ether oxygens (including phenoxy) is 7. The lowest BCUT2D eigenvalue weighted by Gasteiger charge is -2.37. The summed E-state index contributed by atoms with van der Waals surface area (Å²) >= 11 is 0. The van der Waals surface area contributed by atoms with Gasteiger partial charge in [0.05, 0.1) is 140 Å². The van der Waals surface area contributed by atoms with Crippen LogP contribution < -0.4 is 0 Å². The molecule has 0 aliphatic heterocycles. The van der Waals surface area contributed by atoms with E-state index < -0.39 is 0 Å². The fraction of sp³-hybridized carbons (Fsp3) is 0.610. The number of benzene rings is 3. The first-order chi connectivity index (χ1) is 57.6. The Bertz CT molecular complexity index is 3290. The average Bonchev–Trinajstić information content (AvgIpc) is 0.900. The van der Waals surface area contributed by atoms with E-state index in [1.54, 1.807) is 49.5 Å². The molecular weight excluding hydrogens is 1520 g/mol. The van der Waals surface area contributed by atoms with Gasteiger partial charge in [-0.3, -0.25) is 0 Å². The summed E-state index contributed by atoms with van der Waals surface area (Å²) in [6, 6.07) is 29.2. The number of carbonyl (C=O) groups excluding carboxylic acids is 7. The van der Waals surface area contributed by atoms with Gasteiger partial charge in [-0.05, 0) is 163 Å². The Balaban J connectivity index is -0.000000664. The molecule has 0 aromatic heterocycles. The summed E-state index contributed by atoms with van der Waals surface area (Å²) in [5.41, 5.74) is 3.01. The van der Waals surface area contributed by atoms with Crippen molar-refractivity contribution in [1.29, 1.82) is 0 Å². The fourth-order valence-corrected chi connectivity index (χ4v) is 13.2. The molecule has 21 heteroatoms. The van der Waals surface area contributed by atoms with E-state index in [1.165, 1.54) is 101 Å². The summed E-state index contributed by atoms with van der Waals surface area (Å²) in [5.74, 6) is -1.76. The molecule has 1 atom stereocenters. The average molecular weight is 1700 g/mol. The molecule has 0 amide bonds. The van der Waals surface area contributed by atoms with Crippen molar-refractivity contribution in [1.82, 2.24) is 0 Å². The summed E-state index contributed by atoms with van der Waals surface area (Å²) in [7, 11) is 12.4. The topological polar surface area (TPSA) is 184 Å². The molecule has 0 radical (unpaired) electrons. The molecule has 21 nitrogen and oxygen atoms in total. The van der Waals surface area contributed by atoms with E-state index in [9.17, 15) is 33.6 Å². The van der Waals surface area contributed by atoms with Crippen LogP contribution in [0.3, 0.4) is 0 Å². The van der Waals surface area contributed by atoms with Gasteiger partial charge in [0.2, 0.25) is 0 Å². The van der Waals surface area contributed by atoms with Gasteiger partial charge in [-0.1, -0.05) is 163 Å². The standard InChI is InChI=1S/C19H30NO2.C17H26NO2.C15H30NO2.C14H20NO2.C14H28NO2.C12H24NO2.C9H18NO2/c1-4-14-20(6-3,15-5-2)16-17-22-19(21)13-12-18-10-8-7-9-11-18;1-4-18(5-2,6-3)14-15-20-17(19)13-12-16-10-8-7-9-11-16;1-5-9-12-16(8-4,11-7-3)13-14-18-15(17)10-6-2;1-15(2,3)11-12-17-14(16)10-9-13-7-5-4-6-8-13;1-5-9-14(16)17-13-12-15(8-4,10-6-2)11-7-3;1-5-9-12(14)15-11-10-13(6-2,7-3)8-4;1-5-6-9(11)12-8-7-10(2,3)4/h7-13H,4-6,14-17H2,1-3H3;7-13H,4-6,14-15H2,1-3H3;6,10H,5,7-9,11-14H2,1-4H3;4-10H,11-12H2,1-3H3;5,9H,6-8,10-13H2,1-4H3;5,9H,6-8,10-11H2,1-4H3;5-6H,7-8H2,1-4H3/q7*+1/b2*13-12+;10-6+;10-9+;2*9-5+;6-5+. The lowest BCUT2D eigenvalue weighted by atomic mass is 10.2. The number of allylic oxidation sites excluding steroid dienone is 4. The second-order valence-corrected chi connectivity index (χ2v) is 32.3. The van der Waals surface area contributed by atoms with Crippen LogP contribution in [-0.4, -0.2) is 306 Å². The number of quaternary nitrogens is 7. The maximum atomic E-state index is 11.8. The van der Waals surface area contributed by atoms with Crippen LogP contribution in [0.2, 0.25) is 0 Å². The Hall–Kier alpha value is -8.15. The van der Waals surface area contributed by atoms with E-state index in [2.05, 4.69) is 146 Å². The van der Waals surface area contributed by atoms with Crippen LogP contribution in [0.5, 0.6) is 0 Å². The molecule has 3 aromatic rings. The number of rotatable bonds is 53. The molecule has 3 aromatic carbocycles. The Labute approximate surface area is 737 Å². The van der Waals surface area contributed by atoms with Crippen molar-refractivity contribution >= 4 is 60.0 Å². The summed E-state index contributed by atoms with van der Waals surface area (Å²) in [6.07, 6.45) is 30.8. The van der Waals surface area contributed by atoms with Crippen molar-refractivity contribution in [3.05, 3.63) is 175 Å². The molecule has 0 saturated carbocycles. The van der Waals surface area contributed by atoms with Crippen molar-refractivity contribution in [2.75, 3.05) is 233 Å². The first kappa shape index (κ1) is 119. The molecule has 0 N–H and O–H groups in total. The molecule has 0 saturated heterocycles. The number of likely N-dealkylation sites (N-methyl/N-ethyl adjacent to an activating group) is 7. The van der Waals surface area contributed by atoms with Crippen molar-refractivity contribution in [2.24, 2.45) is 0 Å². The fourth-order valence-electron chi connectivity index (χ4n) is 13.2. The van der Waals surface area contributed by atoms with Crippen LogP contribution in [0.25, 0.3) is 18.2 Å². The van der Waals surface area contributed by atoms with E-state index in [0.29, 0.717) is 46.2 Å². The van der Waals surface area contributed by atoms with Gasteiger partial charge in [-0.25, -0.2) is 33.6 Å². The van der Waals surface area contributed by atoms with Crippen LogP contribution >= 0.6 is 0 Å². The van der Waals surface area contributed by atoms with Crippen LogP contribution in [0.1, 0.15) is 193 Å². The van der Waals surface area contributed by atoms with Gasteiger partial charge >= 0.3 is 41.8 Å². The number of hydrogen-bond acceptors (Lipinski definition) is 14. The third-order valence-corrected chi connectivity index (χ3v) is 21.4. The van der Waals surface area contributed by atoms with Crippen molar-refractivity contribution in [3.63, 3.8) is 0 Å². The molecule has 0 spiro atoms. The largest absolute Gasteiger partial charge is 0.457 e.